The molecule has 2 aromatic rings. The number of nitrogens with one attached hydrogen (secondary N) is 1. The highest BCUT2D eigenvalue weighted by atomic mass is 32.2. The molecule has 260 valence electrons. The molecule has 3 rings (SSSR count). The maximum atomic E-state index is 13.3. The van der Waals surface area contributed by atoms with Gasteiger partial charge >= 0.3 is 11.9 Å². The van der Waals surface area contributed by atoms with Crippen molar-refractivity contribution >= 4 is 29.8 Å². The number of ether oxygens (including phenoxy) is 3. The first-order valence-corrected chi connectivity index (χ1v) is 18.1. The molecule has 48 heavy (non-hydrogen) atoms. The minimum atomic E-state index is -0.449. The van der Waals surface area contributed by atoms with Crippen molar-refractivity contribution < 1.29 is 23.8 Å². The number of methoxy groups -OCH3 is 1. The van der Waals surface area contributed by atoms with Gasteiger partial charge in [0.15, 0.2) is 11.5 Å². The summed E-state index contributed by atoms with van der Waals surface area (Å²) in [7, 11) is 1.52. The number of carbonyl (C=O) groups excluding carboxylic acids is 2. The number of allylic oxidation sites excluding steroid dienone is 5. The molecule has 0 aromatic heterocycles. The Kier molecular flexibility index (Phi) is 17.9. The molecule has 0 saturated carbocycles. The molecule has 2 aromatic carbocycles. The second-order valence-corrected chi connectivity index (χ2v) is 13.4. The van der Waals surface area contributed by atoms with Crippen LogP contribution in [0.3, 0.4) is 0 Å². The quantitative estimate of drug-likeness (QED) is 0.0396. The van der Waals surface area contributed by atoms with Crippen LogP contribution in [0.25, 0.3) is 6.08 Å². The normalized spacial score (nSPS) is 14.2. The molecule has 1 aliphatic heterocycles. The number of rotatable bonds is 19. The van der Waals surface area contributed by atoms with Gasteiger partial charge in [0.2, 0.25) is 0 Å². The van der Waals surface area contributed by atoms with Gasteiger partial charge in [-0.1, -0.05) is 53.1 Å². The van der Waals surface area contributed by atoms with E-state index in [4.69, 9.17) is 14.2 Å². The SMILES string of the molecule is COc1cc(/C=C/C(=O)OCCCCN2CCNCC2)ccc1OC(=O)c1ccccc1SC/C=C(\C)CC/C=C(\C)CCC=C(C)C. The van der Waals surface area contributed by atoms with E-state index in [1.807, 2.05) is 18.2 Å². The molecule has 0 atom stereocenters. The van der Waals surface area contributed by atoms with Crippen molar-refractivity contribution in [2.45, 2.75) is 71.1 Å². The molecule has 0 amide bonds. The van der Waals surface area contributed by atoms with Gasteiger partial charge in [-0.05, 0) is 109 Å². The highest BCUT2D eigenvalue weighted by Crippen LogP contribution is 2.31. The Hall–Kier alpha value is -3.59. The van der Waals surface area contributed by atoms with Crippen LogP contribution in [0.15, 0.2) is 88.4 Å². The average Bonchev–Trinajstić information content (AvgIpc) is 3.08. The summed E-state index contributed by atoms with van der Waals surface area (Å²) < 4.78 is 16.7. The molecule has 1 N–H and O–H groups in total. The van der Waals surface area contributed by atoms with E-state index >= 15 is 0 Å². The topological polar surface area (TPSA) is 77.1 Å². The molecule has 0 bridgehead atoms. The zero-order valence-corrected chi connectivity index (χ0v) is 30.3. The molecule has 1 aliphatic rings. The maximum Gasteiger partial charge on any atom is 0.344 e. The number of unbranched alkanes of at least 4 members (excludes halogenated alkanes) is 1. The first-order valence-electron chi connectivity index (χ1n) is 17.1. The van der Waals surface area contributed by atoms with Gasteiger partial charge in [-0.3, -0.25) is 0 Å². The number of hydrogen-bond acceptors (Lipinski definition) is 8. The van der Waals surface area contributed by atoms with Crippen LogP contribution in [0.5, 0.6) is 11.5 Å². The van der Waals surface area contributed by atoms with Crippen molar-refractivity contribution in [2.75, 3.05) is 52.2 Å². The smallest absolute Gasteiger partial charge is 0.344 e. The highest BCUT2D eigenvalue weighted by Gasteiger charge is 2.16. The summed E-state index contributed by atoms with van der Waals surface area (Å²) >= 11 is 1.62. The monoisotopic (exact) mass is 674 g/mol. The molecule has 0 unspecified atom stereocenters. The number of carbonyl (C=O) groups is 2. The van der Waals surface area contributed by atoms with Gasteiger partial charge in [-0.25, -0.2) is 9.59 Å². The number of benzene rings is 2. The van der Waals surface area contributed by atoms with Crippen molar-refractivity contribution in [1.82, 2.24) is 10.2 Å². The summed E-state index contributed by atoms with van der Waals surface area (Å²) in [4.78, 5) is 28.8. The Bertz CT molecular complexity index is 1430. The lowest BCUT2D eigenvalue weighted by Gasteiger charge is -2.26. The van der Waals surface area contributed by atoms with E-state index < -0.39 is 5.97 Å². The standard InChI is InChI=1S/C40H54N2O5S/c1-31(2)12-10-13-32(3)14-11-15-33(4)22-29-48-38-17-7-6-16-35(38)40(44)47-36-20-18-34(30-37(36)45-5)19-21-39(43)46-28-9-8-25-42-26-23-41-24-27-42/h6-7,12,14,16-22,30,41H,8-11,13,15,23-29H2,1-5H3/b21-19+,32-14+,33-22+. The van der Waals surface area contributed by atoms with Gasteiger partial charge in [-0.15, -0.1) is 11.8 Å². The van der Waals surface area contributed by atoms with Gasteiger partial charge < -0.3 is 24.4 Å². The number of hydrogen-bond donors (Lipinski definition) is 1. The fraction of sp³-hybridized carbons (Fsp3) is 0.450. The van der Waals surface area contributed by atoms with Gasteiger partial charge in [0.05, 0.1) is 19.3 Å². The largest absolute Gasteiger partial charge is 0.493 e. The minimum absolute atomic E-state index is 0.312. The lowest BCUT2D eigenvalue weighted by molar-refractivity contribution is -0.137. The molecule has 0 aliphatic carbocycles. The van der Waals surface area contributed by atoms with Crippen LogP contribution in [-0.4, -0.2) is 69.0 Å². The summed E-state index contributed by atoms with van der Waals surface area (Å²) in [6, 6.07) is 12.7. The minimum Gasteiger partial charge on any atom is -0.493 e. The van der Waals surface area contributed by atoms with Crippen LogP contribution in [0.1, 0.15) is 82.1 Å². The fourth-order valence-electron chi connectivity index (χ4n) is 5.16. The Morgan fingerprint density at radius 1 is 0.896 bits per heavy atom. The number of esters is 2. The molecule has 1 heterocycles. The lowest BCUT2D eigenvalue weighted by Crippen LogP contribution is -2.43. The zero-order valence-electron chi connectivity index (χ0n) is 29.5. The van der Waals surface area contributed by atoms with Crippen molar-refractivity contribution in [3.63, 3.8) is 0 Å². The van der Waals surface area contributed by atoms with Crippen molar-refractivity contribution in [3.05, 3.63) is 94.6 Å². The summed E-state index contributed by atoms with van der Waals surface area (Å²) in [5.41, 5.74) is 5.38. The number of thioether (sulfide) groups is 1. The Morgan fingerprint density at radius 3 is 2.38 bits per heavy atom. The van der Waals surface area contributed by atoms with Crippen LogP contribution in [0, 0.1) is 0 Å². The molecule has 1 fully saturated rings. The Morgan fingerprint density at radius 2 is 1.62 bits per heavy atom. The van der Waals surface area contributed by atoms with Gasteiger partial charge in [-0.2, -0.15) is 0 Å². The summed E-state index contributed by atoms with van der Waals surface area (Å²) in [6.45, 7) is 14.3. The third-order valence-electron chi connectivity index (χ3n) is 8.03. The van der Waals surface area contributed by atoms with Gasteiger partial charge in [0, 0.05) is 42.9 Å². The summed E-state index contributed by atoms with van der Waals surface area (Å²) in [5, 5.41) is 3.35. The first-order chi connectivity index (χ1) is 23.2. The van der Waals surface area contributed by atoms with Crippen LogP contribution in [-0.2, 0) is 9.53 Å². The predicted molar refractivity (Wildman–Crippen MR) is 199 cm³/mol. The number of nitrogens with zero attached hydrogens (tertiary/aromatic N) is 1. The van der Waals surface area contributed by atoms with Crippen LogP contribution < -0.4 is 14.8 Å². The summed E-state index contributed by atoms with van der Waals surface area (Å²) in [6.07, 6.45) is 16.1. The maximum absolute atomic E-state index is 13.3. The lowest BCUT2D eigenvalue weighted by atomic mass is 10.1. The molecular formula is C40H54N2O5S. The Balaban J connectivity index is 1.47. The van der Waals surface area contributed by atoms with E-state index in [0.717, 1.165) is 87.5 Å². The van der Waals surface area contributed by atoms with E-state index in [1.54, 1.807) is 42.1 Å². The molecule has 1 saturated heterocycles. The molecule has 0 spiro atoms. The van der Waals surface area contributed by atoms with E-state index in [-0.39, 0.29) is 5.97 Å². The first kappa shape index (κ1) is 38.9. The van der Waals surface area contributed by atoms with Gasteiger partial charge in [0.25, 0.3) is 0 Å². The van der Waals surface area contributed by atoms with Crippen LogP contribution in [0.2, 0.25) is 0 Å². The molecule has 8 heteroatoms. The highest BCUT2D eigenvalue weighted by molar-refractivity contribution is 7.99. The number of piperazine rings is 1. The van der Waals surface area contributed by atoms with Crippen LogP contribution >= 0.6 is 11.8 Å². The Labute approximate surface area is 292 Å². The molecule has 7 nitrogen and oxygen atoms in total. The molecular weight excluding hydrogens is 621 g/mol. The van der Waals surface area contributed by atoms with Crippen LogP contribution in [0.4, 0.5) is 0 Å². The zero-order chi connectivity index (χ0) is 34.6. The van der Waals surface area contributed by atoms with Crippen molar-refractivity contribution in [3.8, 4) is 11.5 Å². The van der Waals surface area contributed by atoms with E-state index in [0.29, 0.717) is 23.7 Å². The van der Waals surface area contributed by atoms with E-state index in [9.17, 15) is 9.59 Å². The molecule has 0 radical (unpaired) electrons. The second-order valence-electron chi connectivity index (χ2n) is 12.4. The fourth-order valence-corrected chi connectivity index (χ4v) is 6.19. The van der Waals surface area contributed by atoms with Crippen molar-refractivity contribution in [1.29, 1.82) is 0 Å². The predicted octanol–water partition coefficient (Wildman–Crippen LogP) is 8.67. The van der Waals surface area contributed by atoms with Gasteiger partial charge in [0.1, 0.15) is 0 Å². The summed E-state index contributed by atoms with van der Waals surface area (Å²) in [5.74, 6) is 0.643. The second kappa shape index (κ2) is 22.1. The third kappa shape index (κ3) is 15.1. The van der Waals surface area contributed by atoms with Crippen molar-refractivity contribution in [2.24, 2.45) is 0 Å². The average molecular weight is 675 g/mol. The third-order valence-corrected chi connectivity index (χ3v) is 9.03. The van der Waals surface area contributed by atoms with E-state index in [1.165, 1.54) is 29.9 Å². The van der Waals surface area contributed by atoms with E-state index in [2.05, 4.69) is 56.1 Å².